The van der Waals surface area contributed by atoms with Crippen LogP contribution in [-0.4, -0.2) is 51.8 Å². The molecule has 32 heavy (non-hydrogen) atoms. The third-order valence-electron chi connectivity index (χ3n) is 6.28. The molecule has 0 radical (unpaired) electrons. The zero-order chi connectivity index (χ0) is 20.8. The van der Waals surface area contributed by atoms with Crippen molar-refractivity contribution < 1.29 is 10.2 Å². The first-order valence-corrected chi connectivity index (χ1v) is 11.7. The lowest BCUT2D eigenvalue weighted by atomic mass is 9.90. The molecule has 0 bridgehead atoms. The topological polar surface area (TPSA) is 105 Å². The summed E-state index contributed by atoms with van der Waals surface area (Å²) in [7, 11) is 0. The maximum atomic E-state index is 13.3. The molecule has 4 heterocycles. The molecule has 1 aliphatic heterocycles. The highest BCUT2D eigenvalue weighted by Crippen LogP contribution is 2.40. The van der Waals surface area contributed by atoms with Gasteiger partial charge in [-0.05, 0) is 42.4 Å². The first-order chi connectivity index (χ1) is 15.3. The van der Waals surface area contributed by atoms with E-state index in [4.69, 9.17) is 9.72 Å². The van der Waals surface area contributed by atoms with Crippen LogP contribution in [0.1, 0.15) is 29.5 Å². The molecule has 2 aliphatic rings. The molecule has 0 saturated carbocycles. The van der Waals surface area contributed by atoms with Crippen LogP contribution < -0.4 is 10.5 Å². The van der Waals surface area contributed by atoms with Gasteiger partial charge in [0.15, 0.2) is 0 Å². The second-order valence-corrected chi connectivity index (χ2v) is 9.20. The highest BCUT2D eigenvalue weighted by Gasteiger charge is 2.26. The van der Waals surface area contributed by atoms with Crippen LogP contribution in [0.3, 0.4) is 0 Å². The van der Waals surface area contributed by atoms with Gasteiger partial charge in [0.25, 0.3) is 5.56 Å². The first kappa shape index (κ1) is 21.0. The maximum Gasteiger partial charge on any atom is 0.288 e. The normalized spacial score (nSPS) is 16.2. The summed E-state index contributed by atoms with van der Waals surface area (Å²) in [5, 5.41) is 9.86. The molecule has 1 aromatic carbocycles. The van der Waals surface area contributed by atoms with Crippen molar-refractivity contribution in [1.29, 1.82) is 0 Å². The summed E-state index contributed by atoms with van der Waals surface area (Å²) in [6.07, 6.45) is 4.37. The molecule has 0 atom stereocenters. The molecular formula is C23H25N5O3S. The molecule has 8 nitrogen and oxygen atoms in total. The van der Waals surface area contributed by atoms with E-state index in [1.165, 1.54) is 33.6 Å². The fourth-order valence-electron chi connectivity index (χ4n) is 4.75. The van der Waals surface area contributed by atoms with E-state index in [2.05, 4.69) is 15.2 Å². The third kappa shape index (κ3) is 3.46. The van der Waals surface area contributed by atoms with Crippen LogP contribution in [0.4, 0.5) is 5.82 Å². The van der Waals surface area contributed by atoms with Gasteiger partial charge in [-0.2, -0.15) is 0 Å². The van der Waals surface area contributed by atoms with E-state index >= 15 is 0 Å². The third-order valence-corrected chi connectivity index (χ3v) is 7.34. The summed E-state index contributed by atoms with van der Waals surface area (Å²) in [5.41, 5.74) is 4.31. The number of pyridine rings is 1. The van der Waals surface area contributed by atoms with Crippen LogP contribution in [-0.2, 0) is 24.1 Å². The van der Waals surface area contributed by atoms with Crippen molar-refractivity contribution in [2.75, 3.05) is 31.2 Å². The fraction of sp³-hybridized carbons (Fsp3) is 0.391. The molecule has 1 aliphatic carbocycles. The molecule has 2 N–H and O–H groups in total. The monoisotopic (exact) mass is 451 g/mol. The smallest absolute Gasteiger partial charge is 0.288 e. The zero-order valence-corrected chi connectivity index (χ0v) is 18.5. The number of aromatic nitrogens is 4. The number of aryl methyl sites for hydroxylation is 1. The van der Waals surface area contributed by atoms with Gasteiger partial charge in [-0.1, -0.05) is 35.5 Å². The number of nitrogens with zero attached hydrogens (tertiary/aromatic N) is 5. The number of hydrogen-bond acceptors (Lipinski definition) is 7. The molecule has 4 aromatic rings. The first-order valence-electron chi connectivity index (χ1n) is 10.9. The summed E-state index contributed by atoms with van der Waals surface area (Å²) in [6, 6.07) is 9.89. The Morgan fingerprint density at radius 2 is 1.78 bits per heavy atom. The Morgan fingerprint density at radius 3 is 2.56 bits per heavy atom. The van der Waals surface area contributed by atoms with Gasteiger partial charge in [0, 0.05) is 18.5 Å². The summed E-state index contributed by atoms with van der Waals surface area (Å²) in [6.45, 7) is 3.60. The number of morpholine rings is 1. The van der Waals surface area contributed by atoms with Gasteiger partial charge in [-0.15, -0.1) is 16.4 Å². The number of fused-ring (bicyclic) bond motifs is 5. The van der Waals surface area contributed by atoms with E-state index in [1.54, 1.807) is 0 Å². The van der Waals surface area contributed by atoms with Gasteiger partial charge in [-0.3, -0.25) is 4.79 Å². The van der Waals surface area contributed by atoms with Crippen LogP contribution in [0.15, 0.2) is 35.1 Å². The lowest BCUT2D eigenvalue weighted by Crippen LogP contribution is -2.37. The number of ether oxygens (including phenoxy) is 1. The molecule has 1 fully saturated rings. The highest BCUT2D eigenvalue weighted by atomic mass is 32.1. The Morgan fingerprint density at radius 1 is 1.03 bits per heavy atom. The largest absolute Gasteiger partial charge is 0.412 e. The van der Waals surface area contributed by atoms with E-state index < -0.39 is 0 Å². The SMILES string of the molecule is O.O=c1c2sc3nc(N4CCOCC4)c4c(c3c2nnn1Cc1ccccc1)CCCC4. The minimum atomic E-state index is -0.0886. The van der Waals surface area contributed by atoms with Gasteiger partial charge in [0.2, 0.25) is 0 Å². The lowest BCUT2D eigenvalue weighted by molar-refractivity contribution is 0.122. The van der Waals surface area contributed by atoms with Gasteiger partial charge >= 0.3 is 0 Å². The number of rotatable bonds is 3. The predicted molar refractivity (Wildman–Crippen MR) is 126 cm³/mol. The lowest BCUT2D eigenvalue weighted by Gasteiger charge is -2.31. The molecule has 0 unspecified atom stereocenters. The van der Waals surface area contributed by atoms with Crippen molar-refractivity contribution in [3.05, 3.63) is 57.4 Å². The molecular weight excluding hydrogens is 426 g/mol. The average molecular weight is 452 g/mol. The van der Waals surface area contributed by atoms with E-state index in [0.717, 1.165) is 67.2 Å². The predicted octanol–water partition coefficient (Wildman–Crippen LogP) is 2.34. The summed E-state index contributed by atoms with van der Waals surface area (Å²) >= 11 is 1.46. The van der Waals surface area contributed by atoms with E-state index in [1.807, 2.05) is 30.3 Å². The van der Waals surface area contributed by atoms with Crippen molar-refractivity contribution in [1.82, 2.24) is 20.0 Å². The van der Waals surface area contributed by atoms with Crippen molar-refractivity contribution in [2.45, 2.75) is 32.2 Å². The van der Waals surface area contributed by atoms with Gasteiger partial charge in [0.1, 0.15) is 20.9 Å². The van der Waals surface area contributed by atoms with Gasteiger partial charge < -0.3 is 15.1 Å². The van der Waals surface area contributed by atoms with Crippen molar-refractivity contribution in [3.63, 3.8) is 0 Å². The summed E-state index contributed by atoms with van der Waals surface area (Å²) in [5.74, 6) is 1.08. The Bertz CT molecular complexity index is 1330. The van der Waals surface area contributed by atoms with Crippen LogP contribution in [0.2, 0.25) is 0 Å². The number of hydrogen-bond donors (Lipinski definition) is 0. The minimum Gasteiger partial charge on any atom is -0.412 e. The quantitative estimate of drug-likeness (QED) is 0.473. The number of anilines is 1. The van der Waals surface area contributed by atoms with Crippen LogP contribution in [0.5, 0.6) is 0 Å². The standard InChI is InChI=1S/C23H23N5O2S.H2O/c29-23-20-19(25-26-28(23)14-15-6-2-1-3-7-15)18-16-8-4-5-9-17(16)21(24-22(18)31-20)27-10-12-30-13-11-27;/h1-3,6-7H,4-5,8-14H2;1H2. The van der Waals surface area contributed by atoms with Crippen LogP contribution >= 0.6 is 11.3 Å². The Balaban J connectivity index is 0.00000216. The van der Waals surface area contributed by atoms with Crippen LogP contribution in [0.25, 0.3) is 20.4 Å². The molecule has 3 aromatic heterocycles. The van der Waals surface area contributed by atoms with Crippen molar-refractivity contribution >= 4 is 37.6 Å². The minimum absolute atomic E-state index is 0. The van der Waals surface area contributed by atoms with Gasteiger partial charge in [-0.25, -0.2) is 9.67 Å². The summed E-state index contributed by atoms with van der Waals surface area (Å²) in [4.78, 5) is 21.6. The van der Waals surface area contributed by atoms with E-state index in [9.17, 15) is 4.79 Å². The second-order valence-electron chi connectivity index (χ2n) is 8.20. The Labute approximate surface area is 188 Å². The molecule has 166 valence electrons. The van der Waals surface area contributed by atoms with Crippen molar-refractivity contribution in [2.24, 2.45) is 0 Å². The number of thiophene rings is 1. The Hall–Kier alpha value is -2.88. The zero-order valence-electron chi connectivity index (χ0n) is 17.7. The average Bonchev–Trinajstić information content (AvgIpc) is 3.21. The highest BCUT2D eigenvalue weighted by molar-refractivity contribution is 7.25. The van der Waals surface area contributed by atoms with E-state index in [0.29, 0.717) is 16.8 Å². The molecule has 6 rings (SSSR count). The summed E-state index contributed by atoms with van der Waals surface area (Å²) < 4.78 is 7.66. The molecule has 9 heteroatoms. The van der Waals surface area contributed by atoms with E-state index in [-0.39, 0.29) is 11.0 Å². The Kier molecular flexibility index (Phi) is 5.62. The second kappa shape index (κ2) is 8.57. The molecule has 0 amide bonds. The molecule has 1 saturated heterocycles. The maximum absolute atomic E-state index is 13.3. The van der Waals surface area contributed by atoms with Crippen LogP contribution in [0, 0.1) is 0 Å². The molecule has 0 spiro atoms. The number of benzene rings is 1. The van der Waals surface area contributed by atoms with Gasteiger partial charge in [0.05, 0.1) is 19.8 Å². The fourth-order valence-corrected chi connectivity index (χ4v) is 5.83. The van der Waals surface area contributed by atoms with Crippen molar-refractivity contribution in [3.8, 4) is 0 Å².